The average Bonchev–Trinajstić information content (AvgIpc) is 2.79. The Morgan fingerprint density at radius 2 is 1.52 bits per heavy atom. The van der Waals surface area contributed by atoms with E-state index >= 15 is 0 Å². The Morgan fingerprint density at radius 3 is 2.14 bits per heavy atom. The molecule has 0 spiro atoms. The molecule has 2 heterocycles. The van der Waals surface area contributed by atoms with Crippen molar-refractivity contribution in [2.75, 3.05) is 48.0 Å². The van der Waals surface area contributed by atoms with E-state index < -0.39 is 0 Å². The summed E-state index contributed by atoms with van der Waals surface area (Å²) in [6.45, 7) is 3.73. The first kappa shape index (κ1) is 19.0. The van der Waals surface area contributed by atoms with Crippen LogP contribution < -0.4 is 31.4 Å². The van der Waals surface area contributed by atoms with E-state index in [1.54, 1.807) is 5.01 Å². The average molecular weight is 390 g/mol. The molecule has 0 bridgehead atoms. The Bertz CT molecular complexity index is 937. The highest BCUT2D eigenvalue weighted by Gasteiger charge is 2.21. The van der Waals surface area contributed by atoms with Crippen molar-refractivity contribution < 1.29 is 4.84 Å². The minimum atomic E-state index is 0.395. The Labute approximate surface area is 171 Å². The summed E-state index contributed by atoms with van der Waals surface area (Å²) >= 11 is 0. The second-order valence-corrected chi connectivity index (χ2v) is 7.10. The van der Waals surface area contributed by atoms with Crippen LogP contribution in [0.3, 0.4) is 0 Å². The van der Waals surface area contributed by atoms with E-state index in [2.05, 4.69) is 39.0 Å². The predicted octanol–water partition coefficient (Wildman–Crippen LogP) is 2.64. The quantitative estimate of drug-likeness (QED) is 0.512. The number of benzene rings is 2. The number of hydrogen-bond donors (Lipinski definition) is 2. The van der Waals surface area contributed by atoms with Crippen LogP contribution in [-0.4, -0.2) is 38.2 Å². The molecule has 1 fully saturated rings. The van der Waals surface area contributed by atoms with Gasteiger partial charge in [-0.05, 0) is 30.3 Å². The Kier molecular flexibility index (Phi) is 5.50. The van der Waals surface area contributed by atoms with Crippen molar-refractivity contribution in [2.24, 2.45) is 11.7 Å². The van der Waals surface area contributed by atoms with Crippen molar-refractivity contribution >= 4 is 17.1 Å². The number of nitrogens with zero attached hydrogens (tertiary/aromatic N) is 4. The largest absolute Gasteiger partial charge is 0.391 e. The number of nitrogens with two attached hydrogens (primary N) is 2. The van der Waals surface area contributed by atoms with E-state index in [1.165, 1.54) is 5.69 Å². The van der Waals surface area contributed by atoms with E-state index in [-0.39, 0.29) is 0 Å². The van der Waals surface area contributed by atoms with E-state index in [9.17, 15) is 0 Å². The molecule has 4 N–H and O–H groups in total. The number of hydrogen-bond acceptors (Lipinski definition) is 7. The third kappa shape index (κ3) is 4.11. The van der Waals surface area contributed by atoms with Gasteiger partial charge in [0.1, 0.15) is 0 Å². The summed E-state index contributed by atoms with van der Waals surface area (Å²) in [6, 6.07) is 22.4. The zero-order valence-electron chi connectivity index (χ0n) is 16.5. The van der Waals surface area contributed by atoms with Gasteiger partial charge in [0.2, 0.25) is 5.88 Å². The standard InChI is InChI=1S/C22H26N6O/c1-26(23)18-9-7-17(8-10-18)22-20(11-12-21(25-22)29-24)28-15-13-27(14-16-28)19-5-3-2-4-6-19/h2-12H,13-16,23-24H2,1H3. The molecule has 29 heavy (non-hydrogen) atoms. The molecule has 1 saturated heterocycles. The monoisotopic (exact) mass is 390 g/mol. The SMILES string of the molecule is CN(N)c1ccc(-c2nc(ON)ccc2N2CCN(c3ccccc3)CC2)cc1. The molecule has 0 saturated carbocycles. The summed E-state index contributed by atoms with van der Waals surface area (Å²) in [7, 11) is 1.81. The molecule has 7 heteroatoms. The highest BCUT2D eigenvalue weighted by Crippen LogP contribution is 2.33. The number of rotatable bonds is 5. The third-order valence-electron chi connectivity index (χ3n) is 5.26. The van der Waals surface area contributed by atoms with Crippen molar-refractivity contribution in [1.82, 2.24) is 4.98 Å². The van der Waals surface area contributed by atoms with Crippen LogP contribution in [0.2, 0.25) is 0 Å². The number of pyridine rings is 1. The lowest BCUT2D eigenvalue weighted by molar-refractivity contribution is 0.321. The van der Waals surface area contributed by atoms with Gasteiger partial charge in [0, 0.05) is 50.5 Å². The fourth-order valence-corrected chi connectivity index (χ4v) is 3.67. The van der Waals surface area contributed by atoms with Crippen molar-refractivity contribution in [3.8, 4) is 17.1 Å². The molecule has 4 rings (SSSR count). The fourth-order valence-electron chi connectivity index (χ4n) is 3.67. The predicted molar refractivity (Wildman–Crippen MR) is 118 cm³/mol. The second kappa shape index (κ2) is 8.38. The molecule has 1 aromatic heterocycles. The summed E-state index contributed by atoms with van der Waals surface area (Å²) in [5.74, 6) is 11.6. The Hall–Kier alpha value is -3.29. The zero-order valence-corrected chi connectivity index (χ0v) is 16.5. The third-order valence-corrected chi connectivity index (χ3v) is 5.26. The van der Waals surface area contributed by atoms with Crippen molar-refractivity contribution in [3.63, 3.8) is 0 Å². The Balaban J connectivity index is 1.59. The molecule has 7 nitrogen and oxygen atoms in total. The minimum absolute atomic E-state index is 0.395. The normalized spacial score (nSPS) is 14.0. The summed E-state index contributed by atoms with van der Waals surface area (Å²) in [6.07, 6.45) is 0. The van der Waals surface area contributed by atoms with E-state index in [4.69, 9.17) is 16.6 Å². The minimum Gasteiger partial charge on any atom is -0.391 e. The van der Waals surface area contributed by atoms with Gasteiger partial charge in [-0.3, -0.25) is 0 Å². The zero-order chi connectivity index (χ0) is 20.2. The summed E-state index contributed by atoms with van der Waals surface area (Å²) in [4.78, 5) is 14.3. The molecule has 150 valence electrons. The molecule has 0 atom stereocenters. The van der Waals surface area contributed by atoms with Crippen LogP contribution in [0.25, 0.3) is 11.3 Å². The molecule has 0 radical (unpaired) electrons. The van der Waals surface area contributed by atoms with Gasteiger partial charge in [0.25, 0.3) is 0 Å². The molecule has 0 amide bonds. The molecular weight excluding hydrogens is 364 g/mol. The lowest BCUT2D eigenvalue weighted by Crippen LogP contribution is -2.46. The first-order valence-corrected chi connectivity index (χ1v) is 9.67. The van der Waals surface area contributed by atoms with Crippen LogP contribution in [0, 0.1) is 0 Å². The van der Waals surface area contributed by atoms with Gasteiger partial charge in [-0.1, -0.05) is 30.3 Å². The number of anilines is 3. The van der Waals surface area contributed by atoms with Crippen LogP contribution in [-0.2, 0) is 0 Å². The molecule has 0 unspecified atom stereocenters. The molecule has 3 aromatic rings. The number of aromatic nitrogens is 1. The topological polar surface area (TPSA) is 83.9 Å². The summed E-state index contributed by atoms with van der Waals surface area (Å²) < 4.78 is 0. The van der Waals surface area contributed by atoms with E-state index in [0.717, 1.165) is 48.8 Å². The first-order chi connectivity index (χ1) is 14.2. The van der Waals surface area contributed by atoms with Gasteiger partial charge in [0.05, 0.1) is 17.1 Å². The maximum Gasteiger partial charge on any atom is 0.238 e. The van der Waals surface area contributed by atoms with Gasteiger partial charge in [-0.15, -0.1) is 0 Å². The van der Waals surface area contributed by atoms with Crippen molar-refractivity contribution in [3.05, 3.63) is 66.7 Å². The van der Waals surface area contributed by atoms with Gasteiger partial charge in [0.15, 0.2) is 0 Å². The molecular formula is C22H26N6O. The van der Waals surface area contributed by atoms with Gasteiger partial charge in [-0.2, -0.15) is 5.90 Å². The van der Waals surface area contributed by atoms with Crippen LogP contribution >= 0.6 is 0 Å². The Morgan fingerprint density at radius 1 is 0.862 bits per heavy atom. The van der Waals surface area contributed by atoms with Crippen LogP contribution in [0.15, 0.2) is 66.7 Å². The lowest BCUT2D eigenvalue weighted by atomic mass is 10.1. The lowest BCUT2D eigenvalue weighted by Gasteiger charge is -2.38. The first-order valence-electron chi connectivity index (χ1n) is 9.67. The molecule has 1 aliphatic rings. The van der Waals surface area contributed by atoms with Crippen molar-refractivity contribution in [2.45, 2.75) is 0 Å². The maximum absolute atomic E-state index is 5.82. The van der Waals surface area contributed by atoms with Gasteiger partial charge in [-0.25, -0.2) is 10.8 Å². The molecule has 2 aromatic carbocycles. The van der Waals surface area contributed by atoms with Crippen LogP contribution in [0.5, 0.6) is 5.88 Å². The fraction of sp³-hybridized carbons (Fsp3) is 0.227. The number of piperazine rings is 1. The highest BCUT2D eigenvalue weighted by atomic mass is 16.6. The van der Waals surface area contributed by atoms with Crippen molar-refractivity contribution in [1.29, 1.82) is 0 Å². The molecule has 0 aliphatic carbocycles. The number of para-hydroxylation sites is 1. The van der Waals surface area contributed by atoms with Gasteiger partial charge >= 0.3 is 0 Å². The summed E-state index contributed by atoms with van der Waals surface area (Å²) in [5.41, 5.74) is 5.12. The summed E-state index contributed by atoms with van der Waals surface area (Å²) in [5, 5.41) is 1.58. The van der Waals surface area contributed by atoms with Gasteiger partial charge < -0.3 is 19.6 Å². The smallest absolute Gasteiger partial charge is 0.238 e. The van der Waals surface area contributed by atoms with Crippen LogP contribution in [0.1, 0.15) is 0 Å². The second-order valence-electron chi connectivity index (χ2n) is 7.10. The highest BCUT2D eigenvalue weighted by molar-refractivity contribution is 5.77. The van der Waals surface area contributed by atoms with Crippen LogP contribution in [0.4, 0.5) is 17.1 Å². The molecule has 1 aliphatic heterocycles. The number of hydrazine groups is 1. The van der Waals surface area contributed by atoms with E-state index in [1.807, 2.05) is 49.5 Å². The van der Waals surface area contributed by atoms with E-state index in [0.29, 0.717) is 5.88 Å². The maximum atomic E-state index is 5.82.